The number of nitrogens with one attached hydrogen (secondary N) is 1. The summed E-state index contributed by atoms with van der Waals surface area (Å²) in [5.41, 5.74) is 5.74. The molecule has 1 aliphatic carbocycles. The van der Waals surface area contributed by atoms with Gasteiger partial charge in [-0.25, -0.2) is 4.79 Å². The first kappa shape index (κ1) is 20.1. The van der Waals surface area contributed by atoms with Crippen LogP contribution in [0.5, 0.6) is 0 Å². The van der Waals surface area contributed by atoms with Crippen LogP contribution in [0.15, 0.2) is 36.4 Å². The molecule has 2 aromatic rings. The Bertz CT molecular complexity index is 924. The third kappa shape index (κ3) is 3.68. The van der Waals surface area contributed by atoms with Crippen molar-refractivity contribution in [1.29, 1.82) is 0 Å². The molecule has 4 heteroatoms. The van der Waals surface area contributed by atoms with Crippen LogP contribution in [0.3, 0.4) is 0 Å². The first-order chi connectivity index (χ1) is 13.0. The Balaban J connectivity index is 1.91. The minimum Gasteiger partial charge on any atom is -0.465 e. The number of aryl methyl sites for hydroxylation is 1. The van der Waals surface area contributed by atoms with Crippen molar-refractivity contribution in [2.75, 3.05) is 12.4 Å². The molecule has 0 saturated carbocycles. The fraction of sp³-hybridized carbons (Fsp3) is 0.417. The molecule has 0 aromatic heterocycles. The average molecular weight is 380 g/mol. The highest BCUT2D eigenvalue weighted by molar-refractivity contribution is 6.05. The molecule has 0 aliphatic heterocycles. The molecule has 0 spiro atoms. The van der Waals surface area contributed by atoms with Crippen LogP contribution in [-0.2, 0) is 15.6 Å². The van der Waals surface area contributed by atoms with E-state index >= 15 is 0 Å². The molecule has 0 saturated heterocycles. The van der Waals surface area contributed by atoms with Crippen molar-refractivity contribution in [2.45, 2.75) is 58.3 Å². The number of amides is 1. The van der Waals surface area contributed by atoms with Gasteiger partial charge >= 0.3 is 5.97 Å². The van der Waals surface area contributed by atoms with Gasteiger partial charge in [0.05, 0.1) is 12.7 Å². The van der Waals surface area contributed by atoms with Gasteiger partial charge in [-0.15, -0.1) is 0 Å². The highest BCUT2D eigenvalue weighted by atomic mass is 16.5. The third-order valence-electron chi connectivity index (χ3n) is 6.01. The first-order valence-corrected chi connectivity index (χ1v) is 9.70. The fourth-order valence-corrected chi connectivity index (χ4v) is 3.93. The number of methoxy groups -OCH3 is 1. The average Bonchev–Trinajstić information content (AvgIpc) is 2.66. The Hall–Kier alpha value is -2.62. The minimum atomic E-state index is -0.415. The Labute approximate surface area is 167 Å². The highest BCUT2D eigenvalue weighted by Crippen LogP contribution is 2.47. The van der Waals surface area contributed by atoms with Gasteiger partial charge in [0.2, 0.25) is 0 Å². The van der Waals surface area contributed by atoms with Crippen molar-refractivity contribution in [3.63, 3.8) is 0 Å². The lowest BCUT2D eigenvalue weighted by atomic mass is 9.63. The van der Waals surface area contributed by atoms with Gasteiger partial charge in [0, 0.05) is 11.3 Å². The van der Waals surface area contributed by atoms with Crippen molar-refractivity contribution in [1.82, 2.24) is 0 Å². The Morgan fingerprint density at radius 1 is 0.893 bits per heavy atom. The van der Waals surface area contributed by atoms with Gasteiger partial charge in [-0.1, -0.05) is 33.8 Å². The molecule has 0 heterocycles. The smallest absolute Gasteiger partial charge is 0.337 e. The van der Waals surface area contributed by atoms with Crippen molar-refractivity contribution < 1.29 is 14.3 Å². The predicted octanol–water partition coefficient (Wildman–Crippen LogP) is 5.38. The lowest BCUT2D eigenvalue weighted by Crippen LogP contribution is -2.34. The second kappa shape index (κ2) is 7.08. The summed E-state index contributed by atoms with van der Waals surface area (Å²) in [5.74, 6) is -0.602. The van der Waals surface area contributed by atoms with Gasteiger partial charge < -0.3 is 10.1 Å². The van der Waals surface area contributed by atoms with E-state index in [9.17, 15) is 9.59 Å². The number of rotatable bonds is 3. The normalized spacial score (nSPS) is 16.8. The van der Waals surface area contributed by atoms with E-state index in [2.05, 4.69) is 45.1 Å². The van der Waals surface area contributed by atoms with Crippen LogP contribution in [0.2, 0.25) is 0 Å². The largest absolute Gasteiger partial charge is 0.465 e. The molecule has 0 unspecified atom stereocenters. The maximum Gasteiger partial charge on any atom is 0.337 e. The van der Waals surface area contributed by atoms with E-state index in [4.69, 9.17) is 4.74 Å². The SMILES string of the molecule is COC(=O)c1ccc(C(=O)Nc2cc3c(cc2C)C(C)(C)CCC3(C)C)cc1. The zero-order valence-corrected chi connectivity index (χ0v) is 17.6. The van der Waals surface area contributed by atoms with Gasteiger partial charge in [0.15, 0.2) is 0 Å². The second-order valence-corrected chi connectivity index (χ2v) is 9.00. The number of carbonyl (C=O) groups is 2. The van der Waals surface area contributed by atoms with E-state index < -0.39 is 5.97 Å². The number of hydrogen-bond donors (Lipinski definition) is 1. The molecule has 1 aliphatic rings. The number of anilines is 1. The number of esters is 1. The number of carbonyl (C=O) groups excluding carboxylic acids is 2. The molecule has 1 N–H and O–H groups in total. The predicted molar refractivity (Wildman–Crippen MR) is 112 cm³/mol. The summed E-state index contributed by atoms with van der Waals surface area (Å²) in [6, 6.07) is 10.9. The van der Waals surface area contributed by atoms with Gasteiger partial charge in [0.25, 0.3) is 5.91 Å². The maximum atomic E-state index is 12.7. The number of hydrogen-bond acceptors (Lipinski definition) is 3. The molecule has 28 heavy (non-hydrogen) atoms. The molecule has 0 bridgehead atoms. The van der Waals surface area contributed by atoms with E-state index in [-0.39, 0.29) is 16.7 Å². The molecule has 4 nitrogen and oxygen atoms in total. The fourth-order valence-electron chi connectivity index (χ4n) is 3.93. The zero-order valence-electron chi connectivity index (χ0n) is 17.6. The zero-order chi connectivity index (χ0) is 20.7. The summed E-state index contributed by atoms with van der Waals surface area (Å²) < 4.78 is 4.70. The van der Waals surface area contributed by atoms with Crippen molar-refractivity contribution in [2.24, 2.45) is 0 Å². The van der Waals surface area contributed by atoms with Crippen LogP contribution in [0.1, 0.15) is 77.9 Å². The molecule has 148 valence electrons. The van der Waals surface area contributed by atoms with E-state index in [1.54, 1.807) is 24.3 Å². The van der Waals surface area contributed by atoms with Gasteiger partial charge in [-0.3, -0.25) is 4.79 Å². The van der Waals surface area contributed by atoms with Crippen LogP contribution in [-0.4, -0.2) is 19.0 Å². The van der Waals surface area contributed by atoms with Gasteiger partial charge in [-0.05, 0) is 77.6 Å². The Morgan fingerprint density at radius 3 is 1.93 bits per heavy atom. The number of ether oxygens (including phenoxy) is 1. The quantitative estimate of drug-likeness (QED) is 0.728. The third-order valence-corrected chi connectivity index (χ3v) is 6.01. The van der Waals surface area contributed by atoms with E-state index in [1.165, 1.54) is 18.2 Å². The maximum absolute atomic E-state index is 12.7. The van der Waals surface area contributed by atoms with E-state index in [0.717, 1.165) is 24.1 Å². The summed E-state index contributed by atoms with van der Waals surface area (Å²) in [5, 5.41) is 3.05. The minimum absolute atomic E-state index is 0.0835. The van der Waals surface area contributed by atoms with Crippen molar-refractivity contribution in [3.05, 3.63) is 64.2 Å². The standard InChI is InChI=1S/C24H29NO3/c1-15-13-18-19(24(4,5)12-11-23(18,2)3)14-20(15)25-21(26)16-7-9-17(10-8-16)22(27)28-6/h7-10,13-14H,11-12H2,1-6H3,(H,25,26). The summed E-state index contributed by atoms with van der Waals surface area (Å²) in [4.78, 5) is 24.3. The number of fused-ring (bicyclic) bond motifs is 1. The lowest BCUT2D eigenvalue weighted by Gasteiger charge is -2.42. The molecule has 0 fully saturated rings. The van der Waals surface area contributed by atoms with Crippen LogP contribution >= 0.6 is 0 Å². The molecule has 3 rings (SSSR count). The number of benzene rings is 2. The highest BCUT2D eigenvalue weighted by Gasteiger charge is 2.37. The molecule has 2 aromatic carbocycles. The van der Waals surface area contributed by atoms with Crippen LogP contribution < -0.4 is 5.32 Å². The summed E-state index contributed by atoms with van der Waals surface area (Å²) in [6.07, 6.45) is 2.28. The molecular weight excluding hydrogens is 350 g/mol. The second-order valence-electron chi connectivity index (χ2n) is 9.00. The van der Waals surface area contributed by atoms with Gasteiger partial charge in [-0.2, -0.15) is 0 Å². The van der Waals surface area contributed by atoms with Crippen molar-refractivity contribution >= 4 is 17.6 Å². The van der Waals surface area contributed by atoms with Crippen LogP contribution in [0.25, 0.3) is 0 Å². The topological polar surface area (TPSA) is 55.4 Å². The van der Waals surface area contributed by atoms with Crippen LogP contribution in [0.4, 0.5) is 5.69 Å². The lowest BCUT2D eigenvalue weighted by molar-refractivity contribution is 0.0600. The molecule has 0 atom stereocenters. The van der Waals surface area contributed by atoms with E-state index in [1.807, 2.05) is 6.92 Å². The Kier molecular flexibility index (Phi) is 5.09. The molecule has 1 amide bonds. The van der Waals surface area contributed by atoms with E-state index in [0.29, 0.717) is 11.1 Å². The van der Waals surface area contributed by atoms with Crippen molar-refractivity contribution in [3.8, 4) is 0 Å². The summed E-state index contributed by atoms with van der Waals surface area (Å²) in [6.45, 7) is 11.2. The monoisotopic (exact) mass is 379 g/mol. The summed E-state index contributed by atoms with van der Waals surface area (Å²) in [7, 11) is 1.34. The molecule has 0 radical (unpaired) electrons. The summed E-state index contributed by atoms with van der Waals surface area (Å²) >= 11 is 0. The molecular formula is C24H29NO3. The van der Waals surface area contributed by atoms with Crippen LogP contribution in [0, 0.1) is 6.92 Å². The first-order valence-electron chi connectivity index (χ1n) is 9.70. The Morgan fingerprint density at radius 2 is 1.39 bits per heavy atom. The van der Waals surface area contributed by atoms with Gasteiger partial charge in [0.1, 0.15) is 0 Å².